The highest BCUT2D eigenvalue weighted by Crippen LogP contribution is 2.32. The number of rotatable bonds is 8. The molecule has 0 aliphatic carbocycles. The Balaban J connectivity index is 1.33. The van der Waals surface area contributed by atoms with Gasteiger partial charge in [-0.15, -0.1) is 0 Å². The zero-order valence-corrected chi connectivity index (χ0v) is 19.9. The van der Waals surface area contributed by atoms with E-state index in [-0.39, 0.29) is 17.2 Å². The fourth-order valence-electron chi connectivity index (χ4n) is 4.80. The number of benzene rings is 2. The highest BCUT2D eigenvalue weighted by Gasteiger charge is 2.23. The van der Waals surface area contributed by atoms with Crippen molar-refractivity contribution in [1.82, 2.24) is 9.80 Å². The molecule has 4 rings (SSSR count). The summed E-state index contributed by atoms with van der Waals surface area (Å²) in [5, 5.41) is 6.03. The first-order chi connectivity index (χ1) is 15.9. The van der Waals surface area contributed by atoms with E-state index >= 15 is 0 Å². The Morgan fingerprint density at radius 2 is 1.00 bits per heavy atom. The molecule has 2 aromatic rings. The fraction of sp³-hybridized carbons (Fsp3) is 0.481. The maximum Gasteiger partial charge on any atom is 0.238 e. The van der Waals surface area contributed by atoms with Crippen LogP contribution in [0.5, 0.6) is 0 Å². The molecular weight excluding hydrogens is 412 g/mol. The Bertz CT molecular complexity index is 864. The number of amides is 2. The van der Waals surface area contributed by atoms with Crippen molar-refractivity contribution >= 4 is 23.2 Å². The molecule has 0 spiro atoms. The molecule has 0 unspecified atom stereocenters. The van der Waals surface area contributed by atoms with Crippen molar-refractivity contribution in [3.63, 3.8) is 0 Å². The summed E-state index contributed by atoms with van der Waals surface area (Å²) in [6.07, 6.45) is 4.73. The molecule has 0 atom stereocenters. The summed E-state index contributed by atoms with van der Waals surface area (Å²) < 4.78 is 0. The molecule has 33 heavy (non-hydrogen) atoms. The number of likely N-dealkylation sites (tertiary alicyclic amines) is 2. The van der Waals surface area contributed by atoms with Gasteiger partial charge in [0.1, 0.15) is 0 Å². The van der Waals surface area contributed by atoms with Gasteiger partial charge in [0.25, 0.3) is 0 Å². The van der Waals surface area contributed by atoms with Crippen LogP contribution in [0, 0.1) is 0 Å². The van der Waals surface area contributed by atoms with Gasteiger partial charge in [0.15, 0.2) is 0 Å². The van der Waals surface area contributed by atoms with E-state index in [9.17, 15) is 9.59 Å². The van der Waals surface area contributed by atoms with Crippen LogP contribution in [0.4, 0.5) is 11.4 Å². The molecular formula is C27H36N4O2. The average molecular weight is 449 g/mol. The minimum absolute atomic E-state index is 0.0475. The van der Waals surface area contributed by atoms with Gasteiger partial charge in [-0.25, -0.2) is 0 Å². The van der Waals surface area contributed by atoms with Crippen LogP contribution < -0.4 is 10.6 Å². The zero-order valence-electron chi connectivity index (χ0n) is 19.9. The lowest BCUT2D eigenvalue weighted by molar-refractivity contribution is -0.117. The van der Waals surface area contributed by atoms with Crippen LogP contribution in [0.15, 0.2) is 48.5 Å². The first kappa shape index (κ1) is 23.5. The van der Waals surface area contributed by atoms with Crippen molar-refractivity contribution in [3.8, 4) is 0 Å². The fourth-order valence-corrected chi connectivity index (χ4v) is 4.80. The molecule has 2 aliphatic heterocycles. The highest BCUT2D eigenvalue weighted by molar-refractivity contribution is 5.92. The van der Waals surface area contributed by atoms with Gasteiger partial charge in [0.05, 0.1) is 13.1 Å². The Hall–Kier alpha value is -2.70. The maximum atomic E-state index is 12.3. The summed E-state index contributed by atoms with van der Waals surface area (Å²) in [5.41, 5.74) is 3.80. The second kappa shape index (κ2) is 10.5. The van der Waals surface area contributed by atoms with Crippen LogP contribution in [0.1, 0.15) is 50.7 Å². The normalized spacial score (nSPS) is 17.3. The van der Waals surface area contributed by atoms with Gasteiger partial charge < -0.3 is 10.6 Å². The second-order valence-electron chi connectivity index (χ2n) is 9.84. The molecule has 0 radical (unpaired) electrons. The first-order valence-electron chi connectivity index (χ1n) is 12.2. The van der Waals surface area contributed by atoms with E-state index in [0.717, 1.165) is 37.6 Å². The van der Waals surface area contributed by atoms with Gasteiger partial charge in [0.2, 0.25) is 11.8 Å². The number of nitrogens with one attached hydrogen (secondary N) is 2. The largest absolute Gasteiger partial charge is 0.325 e. The smallest absolute Gasteiger partial charge is 0.238 e. The molecule has 0 aromatic heterocycles. The third-order valence-corrected chi connectivity index (χ3v) is 6.91. The van der Waals surface area contributed by atoms with Crippen molar-refractivity contribution < 1.29 is 9.59 Å². The number of hydrogen-bond donors (Lipinski definition) is 2. The Morgan fingerprint density at radius 1 is 0.667 bits per heavy atom. The molecule has 2 fully saturated rings. The lowest BCUT2D eigenvalue weighted by Gasteiger charge is -2.26. The van der Waals surface area contributed by atoms with Crippen molar-refractivity contribution in [1.29, 1.82) is 0 Å². The first-order valence-corrected chi connectivity index (χ1v) is 12.2. The van der Waals surface area contributed by atoms with Gasteiger partial charge in [-0.05, 0) is 87.3 Å². The van der Waals surface area contributed by atoms with Gasteiger partial charge in [-0.1, -0.05) is 38.1 Å². The predicted octanol–water partition coefficient (Wildman–Crippen LogP) is 4.08. The van der Waals surface area contributed by atoms with E-state index in [0.29, 0.717) is 13.1 Å². The summed E-state index contributed by atoms with van der Waals surface area (Å²) in [6.45, 7) is 9.37. The van der Waals surface area contributed by atoms with E-state index in [1.54, 1.807) is 0 Å². The lowest BCUT2D eigenvalue weighted by Crippen LogP contribution is -2.31. The number of carbonyl (C=O) groups excluding carboxylic acids is 2. The quantitative estimate of drug-likeness (QED) is 0.639. The van der Waals surface area contributed by atoms with Gasteiger partial charge >= 0.3 is 0 Å². The summed E-state index contributed by atoms with van der Waals surface area (Å²) in [6, 6.07) is 16.2. The molecule has 0 saturated carbocycles. The minimum Gasteiger partial charge on any atom is -0.325 e. The summed E-state index contributed by atoms with van der Waals surface area (Å²) in [7, 11) is 0. The molecule has 2 aromatic carbocycles. The van der Waals surface area contributed by atoms with Gasteiger partial charge in [-0.3, -0.25) is 19.4 Å². The molecule has 6 nitrogen and oxygen atoms in total. The van der Waals surface area contributed by atoms with Crippen LogP contribution in [0.3, 0.4) is 0 Å². The molecule has 2 amide bonds. The molecule has 0 bridgehead atoms. The third-order valence-electron chi connectivity index (χ3n) is 6.91. The molecule has 2 heterocycles. The van der Waals surface area contributed by atoms with Gasteiger partial charge in [-0.2, -0.15) is 0 Å². The molecule has 6 heteroatoms. The topological polar surface area (TPSA) is 64.7 Å². The Kier molecular flexibility index (Phi) is 7.46. The molecule has 2 N–H and O–H groups in total. The summed E-state index contributed by atoms with van der Waals surface area (Å²) >= 11 is 0. The lowest BCUT2D eigenvalue weighted by atomic mass is 9.78. The number of carbonyl (C=O) groups is 2. The monoisotopic (exact) mass is 448 g/mol. The third kappa shape index (κ3) is 6.21. The predicted molar refractivity (Wildman–Crippen MR) is 134 cm³/mol. The van der Waals surface area contributed by atoms with E-state index in [4.69, 9.17) is 0 Å². The SMILES string of the molecule is CC(C)(c1ccc(NC(=O)CN2CCCC2)cc1)c1ccc(NC(=O)CN2CCCC2)cc1. The van der Waals surface area contributed by atoms with E-state index < -0.39 is 0 Å². The number of hydrogen-bond acceptors (Lipinski definition) is 4. The standard InChI is InChI=1S/C27H36N4O2/c1-27(2,21-7-11-23(12-8-21)28-25(32)19-30-15-3-4-16-30)22-9-13-24(14-10-22)29-26(33)20-31-17-5-6-18-31/h7-14H,3-6,15-20H2,1-2H3,(H,28,32)(H,29,33). The van der Waals surface area contributed by atoms with Crippen molar-refractivity contribution in [3.05, 3.63) is 59.7 Å². The van der Waals surface area contributed by atoms with Crippen LogP contribution in [0.2, 0.25) is 0 Å². The molecule has 2 aliphatic rings. The highest BCUT2D eigenvalue weighted by atomic mass is 16.2. The van der Waals surface area contributed by atoms with Crippen molar-refractivity contribution in [2.24, 2.45) is 0 Å². The Morgan fingerprint density at radius 3 is 1.33 bits per heavy atom. The van der Waals surface area contributed by atoms with Crippen molar-refractivity contribution in [2.45, 2.75) is 44.9 Å². The van der Waals surface area contributed by atoms with E-state index in [2.05, 4.69) is 58.5 Å². The minimum atomic E-state index is -0.198. The van der Waals surface area contributed by atoms with E-state index in [1.165, 1.54) is 36.8 Å². The second-order valence-corrected chi connectivity index (χ2v) is 9.84. The van der Waals surface area contributed by atoms with Crippen LogP contribution in [-0.4, -0.2) is 60.9 Å². The number of nitrogens with zero attached hydrogens (tertiary/aromatic N) is 2. The van der Waals surface area contributed by atoms with Crippen molar-refractivity contribution in [2.75, 3.05) is 49.9 Å². The maximum absolute atomic E-state index is 12.3. The van der Waals surface area contributed by atoms with Crippen LogP contribution in [-0.2, 0) is 15.0 Å². The number of anilines is 2. The molecule has 2 saturated heterocycles. The average Bonchev–Trinajstić information content (AvgIpc) is 3.49. The summed E-state index contributed by atoms with van der Waals surface area (Å²) in [5.74, 6) is 0.0950. The van der Waals surface area contributed by atoms with Crippen LogP contribution in [0.25, 0.3) is 0 Å². The zero-order chi connectivity index (χ0) is 23.3. The summed E-state index contributed by atoms with van der Waals surface area (Å²) in [4.78, 5) is 29.0. The molecule has 176 valence electrons. The van der Waals surface area contributed by atoms with Crippen LogP contribution >= 0.6 is 0 Å². The van der Waals surface area contributed by atoms with Gasteiger partial charge in [0, 0.05) is 16.8 Å². The van der Waals surface area contributed by atoms with E-state index in [1.807, 2.05) is 24.3 Å². The Labute approximate surface area is 197 Å².